The number of anilines is 2. The molecule has 2 aliphatic rings. The van der Waals surface area contributed by atoms with Crippen LogP contribution in [0.2, 0.25) is 0 Å². The molecule has 0 saturated carbocycles. The Morgan fingerprint density at radius 3 is 2.71 bits per heavy atom. The second-order valence-electron chi connectivity index (χ2n) is 7.38. The average molecular weight is 436 g/mol. The Labute approximate surface area is 182 Å². The molecule has 0 unspecified atom stereocenters. The summed E-state index contributed by atoms with van der Waals surface area (Å²) in [7, 11) is 0. The molecule has 3 heterocycles. The maximum atomic E-state index is 12.5. The second-order valence-corrected chi connectivity index (χ2v) is 8.43. The van der Waals surface area contributed by atoms with Crippen LogP contribution in [-0.4, -0.2) is 37.5 Å². The molecule has 2 aliphatic heterocycles. The van der Waals surface area contributed by atoms with E-state index in [1.807, 2.05) is 35.2 Å². The van der Waals surface area contributed by atoms with Crippen molar-refractivity contribution in [3.63, 3.8) is 0 Å². The largest absolute Gasteiger partial charge is 0.465 e. The number of rotatable bonds is 3. The number of hydrogen-bond donors (Lipinski definition) is 2. The van der Waals surface area contributed by atoms with Gasteiger partial charge in [0.1, 0.15) is 5.76 Å². The van der Waals surface area contributed by atoms with Crippen molar-refractivity contribution in [1.29, 1.82) is 0 Å². The van der Waals surface area contributed by atoms with Gasteiger partial charge in [-0.15, -0.1) is 0 Å². The number of carbonyl (C=O) groups is 1. The van der Waals surface area contributed by atoms with E-state index in [0.717, 1.165) is 26.5 Å². The molecule has 7 nitrogen and oxygen atoms in total. The molecule has 0 bridgehead atoms. The lowest BCUT2D eigenvalue weighted by Crippen LogP contribution is -2.36. The molecule has 8 heteroatoms. The topological polar surface area (TPSA) is 92.0 Å². The summed E-state index contributed by atoms with van der Waals surface area (Å²) in [6.45, 7) is 2.50. The van der Waals surface area contributed by atoms with Crippen LogP contribution in [0.4, 0.5) is 16.4 Å². The van der Waals surface area contributed by atoms with Crippen molar-refractivity contribution >= 4 is 29.4 Å². The van der Waals surface area contributed by atoms with Crippen molar-refractivity contribution in [3.05, 3.63) is 69.9 Å². The monoisotopic (exact) mass is 436 g/mol. The summed E-state index contributed by atoms with van der Waals surface area (Å²) >= 11 is 1.56. The Balaban J connectivity index is 1.63. The van der Waals surface area contributed by atoms with Gasteiger partial charge in [0.05, 0.1) is 13.2 Å². The molecular weight excluding hydrogens is 416 g/mol. The molecule has 0 atom stereocenters. The van der Waals surface area contributed by atoms with Gasteiger partial charge in [0.2, 0.25) is 0 Å². The van der Waals surface area contributed by atoms with Gasteiger partial charge in [-0.1, -0.05) is 30.0 Å². The van der Waals surface area contributed by atoms with E-state index < -0.39 is 6.09 Å². The highest BCUT2D eigenvalue weighted by atomic mass is 32.2. The van der Waals surface area contributed by atoms with Gasteiger partial charge in [-0.3, -0.25) is 10.1 Å². The summed E-state index contributed by atoms with van der Waals surface area (Å²) in [6, 6.07) is 14.6. The van der Waals surface area contributed by atoms with Crippen LogP contribution in [0.1, 0.15) is 11.1 Å². The summed E-state index contributed by atoms with van der Waals surface area (Å²) in [5, 5.41) is 11.8. The van der Waals surface area contributed by atoms with Crippen molar-refractivity contribution in [2.75, 3.05) is 36.5 Å². The van der Waals surface area contributed by atoms with Gasteiger partial charge >= 0.3 is 6.09 Å². The van der Waals surface area contributed by atoms with Crippen LogP contribution in [0, 0.1) is 0 Å². The summed E-state index contributed by atoms with van der Waals surface area (Å²) in [5.74, 6) is 0.993. The van der Waals surface area contributed by atoms with Gasteiger partial charge in [-0.25, -0.2) is 4.79 Å². The van der Waals surface area contributed by atoms with Crippen LogP contribution in [0.5, 0.6) is 0 Å². The molecule has 0 spiro atoms. The Morgan fingerprint density at radius 1 is 1.10 bits per heavy atom. The van der Waals surface area contributed by atoms with E-state index in [0.29, 0.717) is 50.1 Å². The summed E-state index contributed by atoms with van der Waals surface area (Å²) < 4.78 is 11.6. The minimum Gasteiger partial charge on any atom is -0.465 e. The van der Waals surface area contributed by atoms with Gasteiger partial charge in [-0.2, -0.15) is 0 Å². The van der Waals surface area contributed by atoms with Crippen LogP contribution in [-0.2, 0) is 11.2 Å². The van der Waals surface area contributed by atoms with E-state index in [1.54, 1.807) is 17.8 Å². The highest BCUT2D eigenvalue weighted by Crippen LogP contribution is 2.47. The third-order valence-electron chi connectivity index (χ3n) is 5.40. The van der Waals surface area contributed by atoms with E-state index in [4.69, 9.17) is 9.15 Å². The highest BCUT2D eigenvalue weighted by molar-refractivity contribution is 7.99. The normalized spacial score (nSPS) is 15.2. The van der Waals surface area contributed by atoms with Crippen molar-refractivity contribution < 1.29 is 19.1 Å². The Kier molecular flexibility index (Phi) is 5.17. The van der Waals surface area contributed by atoms with Crippen molar-refractivity contribution in [1.82, 2.24) is 0 Å². The first-order valence-electron chi connectivity index (χ1n) is 9.98. The third kappa shape index (κ3) is 3.92. The molecular formula is C23H20N2O5S. The average Bonchev–Trinajstić information content (AvgIpc) is 2.78. The van der Waals surface area contributed by atoms with E-state index in [9.17, 15) is 14.7 Å². The lowest BCUT2D eigenvalue weighted by molar-refractivity contribution is 0.120. The fourth-order valence-corrected chi connectivity index (χ4v) is 5.15. The van der Waals surface area contributed by atoms with Crippen molar-refractivity contribution in [2.24, 2.45) is 0 Å². The number of fused-ring (bicyclic) bond motifs is 2. The Bertz CT molecular complexity index is 1220. The van der Waals surface area contributed by atoms with E-state index in [2.05, 4.69) is 5.32 Å². The fraction of sp³-hybridized carbons (Fsp3) is 0.217. The summed E-state index contributed by atoms with van der Waals surface area (Å²) in [5.41, 5.74) is 3.19. The first-order chi connectivity index (χ1) is 15.1. The number of benzene rings is 2. The molecule has 1 saturated heterocycles. The molecule has 2 aromatic carbocycles. The standard InChI is InChI=1S/C23H20N2O5S/c26-15-12-19(30-21(13-15)25-7-9-29-10-8-25)16-5-6-18(24-23(27)28)17-11-14-3-1-2-4-20(14)31-22(16)17/h1-6,12-13,24H,7-11H2,(H,27,28). The van der Waals surface area contributed by atoms with Gasteiger partial charge in [0, 0.05) is 52.7 Å². The molecule has 31 heavy (non-hydrogen) atoms. The number of ether oxygens (including phenoxy) is 1. The van der Waals surface area contributed by atoms with Gasteiger partial charge < -0.3 is 19.2 Å². The number of amides is 1. The Morgan fingerprint density at radius 2 is 1.90 bits per heavy atom. The smallest absolute Gasteiger partial charge is 0.409 e. The molecule has 0 radical (unpaired) electrons. The molecule has 1 fully saturated rings. The van der Waals surface area contributed by atoms with Crippen molar-refractivity contribution in [3.8, 4) is 11.3 Å². The maximum Gasteiger partial charge on any atom is 0.409 e. The van der Waals surface area contributed by atoms with Crippen LogP contribution in [0.25, 0.3) is 11.3 Å². The fourth-order valence-electron chi connectivity index (χ4n) is 3.93. The molecule has 158 valence electrons. The second kappa shape index (κ2) is 8.13. The SMILES string of the molecule is O=C(O)Nc1ccc(-c2cc(=O)cc(N3CCOCC3)o2)c2c1Cc1ccccc1S2. The molecule has 3 aromatic rings. The molecule has 1 amide bonds. The number of hydrogen-bond acceptors (Lipinski definition) is 6. The van der Waals surface area contributed by atoms with E-state index in [-0.39, 0.29) is 5.43 Å². The van der Waals surface area contributed by atoms with Crippen LogP contribution >= 0.6 is 11.8 Å². The minimum atomic E-state index is -1.11. The molecule has 2 N–H and O–H groups in total. The lowest BCUT2D eigenvalue weighted by Gasteiger charge is -2.28. The van der Waals surface area contributed by atoms with E-state index in [1.165, 1.54) is 12.1 Å². The predicted octanol–water partition coefficient (Wildman–Crippen LogP) is 4.29. The molecule has 5 rings (SSSR count). The summed E-state index contributed by atoms with van der Waals surface area (Å²) in [4.78, 5) is 27.8. The van der Waals surface area contributed by atoms with Crippen molar-refractivity contribution in [2.45, 2.75) is 16.2 Å². The Hall–Kier alpha value is -3.23. The summed E-state index contributed by atoms with van der Waals surface area (Å²) in [6.07, 6.45) is -0.519. The zero-order valence-electron chi connectivity index (χ0n) is 16.6. The number of nitrogens with zero attached hydrogens (tertiary/aromatic N) is 1. The number of carboxylic acid groups (broad SMARTS) is 1. The van der Waals surface area contributed by atoms with E-state index >= 15 is 0 Å². The minimum absolute atomic E-state index is 0.134. The maximum absolute atomic E-state index is 12.5. The lowest BCUT2D eigenvalue weighted by atomic mass is 9.98. The molecule has 0 aliphatic carbocycles. The number of morpholine rings is 1. The quantitative estimate of drug-likeness (QED) is 0.495. The molecule has 1 aromatic heterocycles. The zero-order chi connectivity index (χ0) is 21.4. The highest BCUT2D eigenvalue weighted by Gasteiger charge is 2.25. The van der Waals surface area contributed by atoms with Crippen LogP contribution in [0.3, 0.4) is 0 Å². The zero-order valence-corrected chi connectivity index (χ0v) is 17.4. The first-order valence-corrected chi connectivity index (χ1v) is 10.8. The van der Waals surface area contributed by atoms with Crippen LogP contribution in [0.15, 0.2) is 67.5 Å². The van der Waals surface area contributed by atoms with Crippen LogP contribution < -0.4 is 15.6 Å². The van der Waals surface area contributed by atoms with Gasteiger partial charge in [-0.05, 0) is 29.3 Å². The van der Waals surface area contributed by atoms with Gasteiger partial charge in [0.15, 0.2) is 11.3 Å². The van der Waals surface area contributed by atoms with Gasteiger partial charge in [0.25, 0.3) is 0 Å². The third-order valence-corrected chi connectivity index (χ3v) is 6.68. The number of nitrogens with one attached hydrogen (secondary N) is 1. The first kappa shape index (κ1) is 19.7. The predicted molar refractivity (Wildman–Crippen MR) is 118 cm³/mol.